The second-order valence-corrected chi connectivity index (χ2v) is 5.88. The minimum Gasteiger partial charge on any atom is -0.407 e. The first-order chi connectivity index (χ1) is 11.6. The van der Waals surface area contributed by atoms with E-state index in [1.54, 1.807) is 22.9 Å². The fourth-order valence-corrected chi connectivity index (χ4v) is 2.55. The molecule has 24 heavy (non-hydrogen) atoms. The van der Waals surface area contributed by atoms with Crippen LogP contribution in [0.25, 0.3) is 5.69 Å². The lowest BCUT2D eigenvalue weighted by Crippen LogP contribution is -2.21. The van der Waals surface area contributed by atoms with Crippen molar-refractivity contribution in [2.45, 2.75) is 52.9 Å². The van der Waals surface area contributed by atoms with E-state index >= 15 is 0 Å². The minimum absolute atomic E-state index is 0.105. The van der Waals surface area contributed by atoms with Gasteiger partial charge in [-0.15, -0.1) is 0 Å². The molecule has 2 rings (SSSR count). The molecular weight excluding hydrogens is 307 g/mol. The molecule has 0 N–H and O–H groups in total. The Bertz CT molecular complexity index is 665. The summed E-state index contributed by atoms with van der Waals surface area (Å²) in [5.74, 6) is -0.257. The fraction of sp³-hybridized carbons (Fsp3) is 0.474. The zero-order valence-corrected chi connectivity index (χ0v) is 14.6. The lowest BCUT2D eigenvalue weighted by Gasteiger charge is -2.14. The fourth-order valence-electron chi connectivity index (χ4n) is 2.55. The summed E-state index contributed by atoms with van der Waals surface area (Å²) in [5, 5.41) is 4.45. The normalized spacial score (nSPS) is 12.2. The maximum atomic E-state index is 13.1. The van der Waals surface area contributed by atoms with Gasteiger partial charge in [-0.25, -0.2) is 9.07 Å². The highest BCUT2D eigenvalue weighted by Crippen LogP contribution is 2.23. The number of rotatable bonds is 8. The highest BCUT2D eigenvalue weighted by Gasteiger charge is 2.21. The van der Waals surface area contributed by atoms with Crippen molar-refractivity contribution in [2.75, 3.05) is 0 Å². The predicted molar refractivity (Wildman–Crippen MR) is 91.8 cm³/mol. The number of hydrogen-bond acceptors (Lipinski definition) is 3. The lowest BCUT2D eigenvalue weighted by atomic mass is 10.00. The molecule has 1 unspecified atom stereocenters. The average molecular weight is 332 g/mol. The highest BCUT2D eigenvalue weighted by atomic mass is 19.1. The third-order valence-electron chi connectivity index (χ3n) is 4.10. The smallest absolute Gasteiger partial charge is 0.315 e. The largest absolute Gasteiger partial charge is 0.407 e. The molecule has 0 aliphatic heterocycles. The summed E-state index contributed by atoms with van der Waals surface area (Å²) in [4.78, 5) is 12.5. The molecule has 1 aromatic carbocycles. The van der Waals surface area contributed by atoms with E-state index in [0.717, 1.165) is 37.8 Å². The summed E-state index contributed by atoms with van der Waals surface area (Å²) in [6.07, 6.45) is 4.37. The molecule has 0 spiro atoms. The topological polar surface area (TPSA) is 44.1 Å². The van der Waals surface area contributed by atoms with Crippen molar-refractivity contribution in [1.29, 1.82) is 0 Å². The molecule has 0 fully saturated rings. The van der Waals surface area contributed by atoms with Gasteiger partial charge in [0, 0.05) is 6.07 Å². The number of carbonyl (C=O) groups is 1. The standard InChI is InChI=1S/C19H25FN2O2/c1-4-7-8-14(5-2)19(23)24-18-13-16(6-3)21-22(18)17-11-9-15(20)10-12-17/h9-14H,4-8H2,1-3H3. The number of halogens is 1. The van der Waals surface area contributed by atoms with Gasteiger partial charge in [0.05, 0.1) is 17.3 Å². The molecule has 2 aromatic rings. The summed E-state index contributed by atoms with van der Waals surface area (Å²) in [6, 6.07) is 7.74. The van der Waals surface area contributed by atoms with Crippen LogP contribution < -0.4 is 4.74 Å². The third-order valence-corrected chi connectivity index (χ3v) is 4.10. The van der Waals surface area contributed by atoms with Gasteiger partial charge in [0.15, 0.2) is 0 Å². The zero-order chi connectivity index (χ0) is 17.5. The van der Waals surface area contributed by atoms with Gasteiger partial charge >= 0.3 is 5.97 Å². The van der Waals surface area contributed by atoms with Crippen molar-refractivity contribution in [2.24, 2.45) is 5.92 Å². The molecule has 0 saturated heterocycles. The molecular formula is C19H25FN2O2. The van der Waals surface area contributed by atoms with Gasteiger partial charge < -0.3 is 4.74 Å². The Morgan fingerprint density at radius 3 is 2.54 bits per heavy atom. The van der Waals surface area contributed by atoms with Crippen LogP contribution in [0.3, 0.4) is 0 Å². The molecule has 0 aliphatic rings. The Kier molecular flexibility index (Phi) is 6.53. The number of aromatic nitrogens is 2. The Hall–Kier alpha value is -2.17. The molecule has 5 heteroatoms. The summed E-state index contributed by atoms with van der Waals surface area (Å²) in [5.41, 5.74) is 1.49. The van der Waals surface area contributed by atoms with Crippen LogP contribution in [-0.4, -0.2) is 15.7 Å². The zero-order valence-electron chi connectivity index (χ0n) is 14.6. The van der Waals surface area contributed by atoms with Crippen LogP contribution in [0.1, 0.15) is 52.1 Å². The summed E-state index contributed by atoms with van der Waals surface area (Å²) >= 11 is 0. The molecule has 1 heterocycles. The summed E-state index contributed by atoms with van der Waals surface area (Å²) < 4.78 is 20.3. The number of benzene rings is 1. The van der Waals surface area contributed by atoms with Crippen molar-refractivity contribution in [1.82, 2.24) is 9.78 Å². The molecule has 1 aromatic heterocycles. The van der Waals surface area contributed by atoms with Gasteiger partial charge in [0.25, 0.3) is 0 Å². The number of unbranched alkanes of at least 4 members (excludes halogenated alkanes) is 1. The quantitative estimate of drug-likeness (QED) is 0.658. The Balaban J connectivity index is 2.24. The van der Waals surface area contributed by atoms with Gasteiger partial charge in [0.2, 0.25) is 5.88 Å². The first-order valence-corrected chi connectivity index (χ1v) is 8.65. The van der Waals surface area contributed by atoms with Crippen LogP contribution in [0, 0.1) is 11.7 Å². The Morgan fingerprint density at radius 2 is 1.96 bits per heavy atom. The number of hydrogen-bond donors (Lipinski definition) is 0. The second-order valence-electron chi connectivity index (χ2n) is 5.88. The van der Waals surface area contributed by atoms with E-state index in [1.165, 1.54) is 12.1 Å². The van der Waals surface area contributed by atoms with Crippen molar-refractivity contribution >= 4 is 5.97 Å². The number of aryl methyl sites for hydroxylation is 1. The molecule has 0 aliphatic carbocycles. The maximum absolute atomic E-state index is 13.1. The van der Waals surface area contributed by atoms with Crippen LogP contribution in [0.15, 0.2) is 30.3 Å². The van der Waals surface area contributed by atoms with Crippen molar-refractivity contribution < 1.29 is 13.9 Å². The van der Waals surface area contributed by atoms with Crippen molar-refractivity contribution in [3.63, 3.8) is 0 Å². The van der Waals surface area contributed by atoms with E-state index in [-0.39, 0.29) is 17.7 Å². The first-order valence-electron chi connectivity index (χ1n) is 8.65. The third kappa shape index (κ3) is 4.43. The first kappa shape index (κ1) is 18.2. The predicted octanol–water partition coefficient (Wildman–Crippen LogP) is 4.70. The van der Waals surface area contributed by atoms with Crippen LogP contribution >= 0.6 is 0 Å². The van der Waals surface area contributed by atoms with Crippen molar-refractivity contribution in [3.05, 3.63) is 41.8 Å². The SMILES string of the molecule is CCCCC(CC)C(=O)Oc1cc(CC)nn1-c1ccc(F)cc1. The van der Waals surface area contributed by atoms with Gasteiger partial charge in [-0.3, -0.25) is 4.79 Å². The second kappa shape index (κ2) is 8.62. The van der Waals surface area contributed by atoms with E-state index in [0.29, 0.717) is 11.6 Å². The van der Waals surface area contributed by atoms with Crippen LogP contribution in [-0.2, 0) is 11.2 Å². The van der Waals surface area contributed by atoms with E-state index in [2.05, 4.69) is 12.0 Å². The minimum atomic E-state index is -0.314. The van der Waals surface area contributed by atoms with Crippen molar-refractivity contribution in [3.8, 4) is 11.6 Å². The highest BCUT2D eigenvalue weighted by molar-refractivity contribution is 5.74. The average Bonchev–Trinajstić information content (AvgIpc) is 2.99. The Labute approximate surface area is 142 Å². The van der Waals surface area contributed by atoms with Gasteiger partial charge in [-0.1, -0.05) is 33.6 Å². The summed E-state index contributed by atoms with van der Waals surface area (Å²) in [7, 11) is 0. The van der Waals surface area contributed by atoms with Gasteiger partial charge in [-0.05, 0) is 43.5 Å². The monoisotopic (exact) mass is 332 g/mol. The molecule has 130 valence electrons. The molecule has 0 saturated carbocycles. The lowest BCUT2D eigenvalue weighted by molar-refractivity contribution is -0.139. The van der Waals surface area contributed by atoms with Gasteiger partial charge in [0.1, 0.15) is 5.82 Å². The number of nitrogens with zero attached hydrogens (tertiary/aromatic N) is 2. The van der Waals surface area contributed by atoms with Crippen LogP contribution in [0.4, 0.5) is 4.39 Å². The molecule has 0 bridgehead atoms. The van der Waals surface area contributed by atoms with E-state index in [9.17, 15) is 9.18 Å². The number of esters is 1. The Morgan fingerprint density at radius 1 is 1.25 bits per heavy atom. The van der Waals surface area contributed by atoms with Crippen LogP contribution in [0.2, 0.25) is 0 Å². The maximum Gasteiger partial charge on any atom is 0.315 e. The van der Waals surface area contributed by atoms with E-state index in [1.807, 2.05) is 13.8 Å². The molecule has 0 amide bonds. The van der Waals surface area contributed by atoms with E-state index < -0.39 is 0 Å². The summed E-state index contributed by atoms with van der Waals surface area (Å²) in [6.45, 7) is 6.09. The van der Waals surface area contributed by atoms with Gasteiger partial charge in [-0.2, -0.15) is 5.10 Å². The molecule has 1 atom stereocenters. The molecule has 0 radical (unpaired) electrons. The number of carbonyl (C=O) groups excluding carboxylic acids is 1. The molecule has 4 nitrogen and oxygen atoms in total. The van der Waals surface area contributed by atoms with E-state index in [4.69, 9.17) is 4.74 Å². The number of ether oxygens (including phenoxy) is 1. The van der Waals surface area contributed by atoms with Crippen LogP contribution in [0.5, 0.6) is 5.88 Å².